The van der Waals surface area contributed by atoms with Gasteiger partial charge in [-0.2, -0.15) is 15.8 Å². The maximum absolute atomic E-state index is 10.4. The standard InChI is InChI=1S/C45H25N5/c46-26-29-20-23-44-40(24-29)37-15-5-8-19-43(37)50(44)42-18-7-3-13-35(42)33-11-1-2-12-34(33)39-25-32(22-21-30(39)27-47)49-41-17-6-4-14-36(41)38-16-9-10-31(28-48)45(38)49/h1-25H. The summed E-state index contributed by atoms with van der Waals surface area (Å²) in [5.41, 5.74) is 11.2. The number of rotatable bonds is 4. The van der Waals surface area contributed by atoms with Crippen LogP contribution in [0.3, 0.4) is 0 Å². The van der Waals surface area contributed by atoms with Gasteiger partial charge in [0.2, 0.25) is 0 Å². The Labute approximate surface area is 287 Å². The molecule has 0 fully saturated rings. The van der Waals surface area contributed by atoms with Crippen molar-refractivity contribution in [2.45, 2.75) is 0 Å². The van der Waals surface area contributed by atoms with E-state index in [4.69, 9.17) is 0 Å². The van der Waals surface area contributed by atoms with E-state index in [2.05, 4.69) is 88.0 Å². The van der Waals surface area contributed by atoms with E-state index in [0.717, 1.165) is 77.2 Å². The second-order valence-electron chi connectivity index (χ2n) is 12.3. The van der Waals surface area contributed by atoms with Crippen LogP contribution in [-0.4, -0.2) is 9.13 Å². The average Bonchev–Trinajstić information content (AvgIpc) is 3.70. The predicted molar refractivity (Wildman–Crippen MR) is 200 cm³/mol. The summed E-state index contributed by atoms with van der Waals surface area (Å²) >= 11 is 0. The van der Waals surface area contributed by atoms with Gasteiger partial charge < -0.3 is 9.13 Å². The molecule has 5 heteroatoms. The summed E-state index contributed by atoms with van der Waals surface area (Å²) in [5.74, 6) is 0. The maximum Gasteiger partial charge on any atom is 0.101 e. The lowest BCUT2D eigenvalue weighted by Crippen LogP contribution is -2.00. The van der Waals surface area contributed by atoms with Crippen molar-refractivity contribution < 1.29 is 0 Å². The lowest BCUT2D eigenvalue weighted by molar-refractivity contribution is 1.17. The molecule has 0 aliphatic carbocycles. The molecule has 0 saturated carbocycles. The molecule has 2 heterocycles. The van der Waals surface area contributed by atoms with E-state index < -0.39 is 0 Å². The Hall–Kier alpha value is -7.39. The van der Waals surface area contributed by atoms with Crippen LogP contribution in [0, 0.1) is 34.0 Å². The van der Waals surface area contributed by atoms with Crippen LogP contribution in [0.4, 0.5) is 0 Å². The number of hydrogen-bond donors (Lipinski definition) is 0. The van der Waals surface area contributed by atoms with Gasteiger partial charge in [0.25, 0.3) is 0 Å². The quantitative estimate of drug-likeness (QED) is 0.193. The highest BCUT2D eigenvalue weighted by atomic mass is 15.0. The van der Waals surface area contributed by atoms with Crippen LogP contribution < -0.4 is 0 Å². The number of fused-ring (bicyclic) bond motifs is 6. The number of aromatic nitrogens is 2. The minimum absolute atomic E-state index is 0.556. The number of para-hydroxylation sites is 4. The Morgan fingerprint density at radius 1 is 0.380 bits per heavy atom. The SMILES string of the molecule is N#Cc1ccc2c(c1)c1ccccc1n2-c1ccccc1-c1ccccc1-c1cc(-n2c3ccccc3c3cccc(C#N)c32)ccc1C#N. The van der Waals surface area contributed by atoms with Crippen LogP contribution >= 0.6 is 0 Å². The molecule has 9 aromatic rings. The zero-order valence-electron chi connectivity index (χ0n) is 26.7. The molecule has 2 aromatic heterocycles. The van der Waals surface area contributed by atoms with Crippen molar-refractivity contribution in [3.63, 3.8) is 0 Å². The van der Waals surface area contributed by atoms with E-state index in [-0.39, 0.29) is 0 Å². The number of benzene rings is 7. The minimum atomic E-state index is 0.556. The first-order chi connectivity index (χ1) is 24.7. The summed E-state index contributed by atoms with van der Waals surface area (Å²) in [7, 11) is 0. The molecule has 0 spiro atoms. The van der Waals surface area contributed by atoms with Gasteiger partial charge in [-0.3, -0.25) is 0 Å². The fraction of sp³-hybridized carbons (Fsp3) is 0. The Bertz CT molecular complexity index is 2970. The van der Waals surface area contributed by atoms with Crippen molar-refractivity contribution in [3.8, 4) is 51.8 Å². The summed E-state index contributed by atoms with van der Waals surface area (Å²) in [5, 5.41) is 34.4. The van der Waals surface area contributed by atoms with Crippen molar-refractivity contribution in [1.29, 1.82) is 15.8 Å². The van der Waals surface area contributed by atoms with E-state index in [0.29, 0.717) is 16.7 Å². The molecule has 0 radical (unpaired) electrons. The van der Waals surface area contributed by atoms with Crippen LogP contribution in [0.15, 0.2) is 152 Å². The Kier molecular flexibility index (Phi) is 6.56. The van der Waals surface area contributed by atoms with Crippen LogP contribution in [0.5, 0.6) is 0 Å². The molecule has 0 unspecified atom stereocenters. The first kappa shape index (κ1) is 28.8. The van der Waals surface area contributed by atoms with Crippen LogP contribution in [0.2, 0.25) is 0 Å². The second-order valence-corrected chi connectivity index (χ2v) is 12.3. The van der Waals surface area contributed by atoms with Gasteiger partial charge in [0.05, 0.1) is 56.6 Å². The highest BCUT2D eigenvalue weighted by Crippen LogP contribution is 2.42. The molecule has 0 saturated heterocycles. The van der Waals surface area contributed by atoms with Gasteiger partial charge in [-0.1, -0.05) is 91.0 Å². The Morgan fingerprint density at radius 2 is 0.980 bits per heavy atom. The van der Waals surface area contributed by atoms with Gasteiger partial charge >= 0.3 is 0 Å². The third-order valence-electron chi connectivity index (χ3n) is 9.65. The minimum Gasteiger partial charge on any atom is -0.309 e. The van der Waals surface area contributed by atoms with E-state index in [1.165, 1.54) is 0 Å². The predicted octanol–water partition coefficient (Wildman–Crippen LogP) is 10.8. The van der Waals surface area contributed by atoms with Gasteiger partial charge in [-0.15, -0.1) is 0 Å². The highest BCUT2D eigenvalue weighted by molar-refractivity contribution is 6.12. The molecule has 0 N–H and O–H groups in total. The summed E-state index contributed by atoms with van der Waals surface area (Å²) in [4.78, 5) is 0. The zero-order chi connectivity index (χ0) is 33.8. The third kappa shape index (κ3) is 4.24. The smallest absolute Gasteiger partial charge is 0.101 e. The molecule has 0 aliphatic rings. The Morgan fingerprint density at radius 3 is 1.72 bits per heavy atom. The maximum atomic E-state index is 10.4. The molecule has 0 aliphatic heterocycles. The second kappa shape index (κ2) is 11.4. The van der Waals surface area contributed by atoms with Crippen molar-refractivity contribution in [2.75, 3.05) is 0 Å². The number of nitriles is 3. The summed E-state index contributed by atoms with van der Waals surface area (Å²) in [6.45, 7) is 0. The Balaban J connectivity index is 1.31. The molecule has 0 atom stereocenters. The first-order valence-electron chi connectivity index (χ1n) is 16.3. The summed E-state index contributed by atoms with van der Waals surface area (Å²) < 4.78 is 4.40. The van der Waals surface area contributed by atoms with Gasteiger partial charge in [-0.25, -0.2) is 0 Å². The highest BCUT2D eigenvalue weighted by Gasteiger charge is 2.21. The molecule has 230 valence electrons. The lowest BCUT2D eigenvalue weighted by atomic mass is 9.91. The van der Waals surface area contributed by atoms with Crippen molar-refractivity contribution in [2.24, 2.45) is 0 Å². The van der Waals surface area contributed by atoms with E-state index >= 15 is 0 Å². The molecule has 5 nitrogen and oxygen atoms in total. The van der Waals surface area contributed by atoms with Crippen LogP contribution in [0.25, 0.3) is 77.2 Å². The molecule has 50 heavy (non-hydrogen) atoms. The average molecular weight is 636 g/mol. The fourth-order valence-corrected chi connectivity index (χ4v) is 7.52. The molecule has 0 bridgehead atoms. The van der Waals surface area contributed by atoms with Gasteiger partial charge in [-0.05, 0) is 71.8 Å². The molecular formula is C45H25N5. The van der Waals surface area contributed by atoms with Crippen molar-refractivity contribution in [3.05, 3.63) is 168 Å². The molecule has 7 aromatic carbocycles. The van der Waals surface area contributed by atoms with E-state index in [9.17, 15) is 15.8 Å². The summed E-state index contributed by atoms with van der Waals surface area (Å²) in [6, 6.07) is 57.8. The first-order valence-corrected chi connectivity index (χ1v) is 16.3. The zero-order valence-corrected chi connectivity index (χ0v) is 26.7. The van der Waals surface area contributed by atoms with Crippen LogP contribution in [0.1, 0.15) is 16.7 Å². The topological polar surface area (TPSA) is 81.2 Å². The molecular weight excluding hydrogens is 611 g/mol. The number of nitrogens with zero attached hydrogens (tertiary/aromatic N) is 5. The van der Waals surface area contributed by atoms with E-state index in [1.807, 2.05) is 91.0 Å². The van der Waals surface area contributed by atoms with Gasteiger partial charge in [0, 0.05) is 38.4 Å². The molecule has 9 rings (SSSR count). The van der Waals surface area contributed by atoms with Gasteiger partial charge in [0.15, 0.2) is 0 Å². The van der Waals surface area contributed by atoms with Crippen molar-refractivity contribution in [1.82, 2.24) is 9.13 Å². The third-order valence-corrected chi connectivity index (χ3v) is 9.65. The van der Waals surface area contributed by atoms with E-state index in [1.54, 1.807) is 0 Å². The van der Waals surface area contributed by atoms with Gasteiger partial charge in [0.1, 0.15) is 6.07 Å². The largest absolute Gasteiger partial charge is 0.309 e. The number of hydrogen-bond acceptors (Lipinski definition) is 3. The normalized spacial score (nSPS) is 11.1. The van der Waals surface area contributed by atoms with Crippen molar-refractivity contribution >= 4 is 43.6 Å². The molecule has 0 amide bonds. The van der Waals surface area contributed by atoms with Crippen LogP contribution in [-0.2, 0) is 0 Å². The summed E-state index contributed by atoms with van der Waals surface area (Å²) in [6.07, 6.45) is 0. The monoisotopic (exact) mass is 635 g/mol. The lowest BCUT2D eigenvalue weighted by Gasteiger charge is -2.18. The fourth-order valence-electron chi connectivity index (χ4n) is 7.52.